The van der Waals surface area contributed by atoms with Gasteiger partial charge in [0.25, 0.3) is 5.91 Å². The number of nitrogens with zero attached hydrogens (tertiary/aromatic N) is 2. The second kappa shape index (κ2) is 9.01. The maximum absolute atomic E-state index is 12.6. The fourth-order valence-electron chi connectivity index (χ4n) is 3.95. The van der Waals surface area contributed by atoms with E-state index in [1.54, 1.807) is 24.0 Å². The van der Waals surface area contributed by atoms with Crippen LogP contribution in [0.5, 0.6) is 0 Å². The molecule has 0 atom stereocenters. The smallest absolute Gasteiger partial charge is 0.341 e. The molecule has 0 unspecified atom stereocenters. The van der Waals surface area contributed by atoms with E-state index in [0.29, 0.717) is 49.1 Å². The Morgan fingerprint density at radius 1 is 1.20 bits per heavy atom. The number of amides is 2. The van der Waals surface area contributed by atoms with Crippen LogP contribution < -0.4 is 5.32 Å². The molecule has 0 spiro atoms. The highest BCUT2D eigenvalue weighted by Crippen LogP contribution is 2.39. The van der Waals surface area contributed by atoms with Gasteiger partial charge in [-0.15, -0.1) is 11.3 Å². The molecule has 3 heterocycles. The number of rotatable bonds is 6. The van der Waals surface area contributed by atoms with Crippen molar-refractivity contribution in [2.24, 2.45) is 0 Å². The van der Waals surface area contributed by atoms with Crippen molar-refractivity contribution >= 4 is 34.1 Å². The lowest BCUT2D eigenvalue weighted by atomic mass is 10.1. The van der Waals surface area contributed by atoms with Crippen LogP contribution in [-0.4, -0.2) is 66.9 Å². The maximum Gasteiger partial charge on any atom is 0.341 e. The normalized spacial score (nSPS) is 16.4. The summed E-state index contributed by atoms with van der Waals surface area (Å²) in [6, 6.07) is 3.35. The summed E-state index contributed by atoms with van der Waals surface area (Å²) in [7, 11) is 0. The van der Waals surface area contributed by atoms with Gasteiger partial charge in [-0.25, -0.2) is 4.79 Å². The summed E-state index contributed by atoms with van der Waals surface area (Å²) in [6.45, 7) is 4.57. The molecule has 1 aliphatic carbocycles. The quantitative estimate of drug-likeness (QED) is 0.706. The molecule has 2 amide bonds. The Balaban J connectivity index is 1.34. The number of carbonyl (C=O) groups excluding carboxylic acids is 3. The molecule has 30 heavy (non-hydrogen) atoms. The molecule has 4 rings (SSSR count). The average Bonchev–Trinajstić information content (AvgIpc) is 3.45. The predicted octanol–water partition coefficient (Wildman–Crippen LogP) is 2.40. The molecule has 0 saturated carbocycles. The number of fused-ring (bicyclic) bond motifs is 1. The zero-order chi connectivity index (χ0) is 21.1. The van der Waals surface area contributed by atoms with Crippen molar-refractivity contribution < 1.29 is 23.5 Å². The Hall–Kier alpha value is -2.65. The van der Waals surface area contributed by atoms with Gasteiger partial charge in [0.1, 0.15) is 5.00 Å². The van der Waals surface area contributed by atoms with Crippen LogP contribution in [0.15, 0.2) is 22.8 Å². The van der Waals surface area contributed by atoms with Gasteiger partial charge in [0.2, 0.25) is 5.91 Å². The molecule has 9 heteroatoms. The van der Waals surface area contributed by atoms with Gasteiger partial charge < -0.3 is 19.4 Å². The number of anilines is 1. The van der Waals surface area contributed by atoms with Gasteiger partial charge in [0.05, 0.1) is 25.0 Å². The monoisotopic (exact) mass is 431 g/mol. The van der Waals surface area contributed by atoms with Crippen LogP contribution in [-0.2, 0) is 22.4 Å². The van der Waals surface area contributed by atoms with Crippen molar-refractivity contribution in [3.8, 4) is 0 Å². The van der Waals surface area contributed by atoms with Gasteiger partial charge in [-0.1, -0.05) is 0 Å². The van der Waals surface area contributed by atoms with E-state index in [1.165, 1.54) is 22.5 Å². The lowest BCUT2D eigenvalue weighted by Gasteiger charge is -2.33. The van der Waals surface area contributed by atoms with Gasteiger partial charge >= 0.3 is 5.97 Å². The fourth-order valence-corrected chi connectivity index (χ4v) is 5.24. The number of piperazine rings is 1. The van der Waals surface area contributed by atoms with Gasteiger partial charge in [0, 0.05) is 31.1 Å². The molecule has 0 radical (unpaired) electrons. The highest BCUT2D eigenvalue weighted by Gasteiger charge is 2.29. The summed E-state index contributed by atoms with van der Waals surface area (Å²) in [4.78, 5) is 42.3. The summed E-state index contributed by atoms with van der Waals surface area (Å²) in [6.07, 6.45) is 4.30. The minimum Gasteiger partial charge on any atom is -0.462 e. The maximum atomic E-state index is 12.6. The summed E-state index contributed by atoms with van der Waals surface area (Å²) < 4.78 is 10.4. The molecule has 1 N–H and O–H groups in total. The van der Waals surface area contributed by atoms with E-state index in [0.717, 1.165) is 24.8 Å². The molecular weight excluding hydrogens is 406 g/mol. The first-order valence-corrected chi connectivity index (χ1v) is 11.0. The molecule has 0 aromatic carbocycles. The first kappa shape index (κ1) is 20.6. The number of nitrogens with one attached hydrogen (secondary N) is 1. The molecule has 8 nitrogen and oxygen atoms in total. The third-order valence-electron chi connectivity index (χ3n) is 5.41. The van der Waals surface area contributed by atoms with E-state index >= 15 is 0 Å². The van der Waals surface area contributed by atoms with Crippen LogP contribution >= 0.6 is 11.3 Å². The van der Waals surface area contributed by atoms with Crippen LogP contribution in [0.2, 0.25) is 0 Å². The van der Waals surface area contributed by atoms with E-state index in [9.17, 15) is 14.4 Å². The van der Waals surface area contributed by atoms with Crippen molar-refractivity contribution in [3.63, 3.8) is 0 Å². The Morgan fingerprint density at radius 2 is 2.00 bits per heavy atom. The zero-order valence-electron chi connectivity index (χ0n) is 16.9. The lowest BCUT2D eigenvalue weighted by Crippen LogP contribution is -2.50. The van der Waals surface area contributed by atoms with E-state index in [-0.39, 0.29) is 24.3 Å². The van der Waals surface area contributed by atoms with E-state index in [4.69, 9.17) is 9.15 Å². The molecule has 0 bridgehead atoms. The average molecular weight is 432 g/mol. The largest absolute Gasteiger partial charge is 0.462 e. The van der Waals surface area contributed by atoms with Gasteiger partial charge in [-0.05, 0) is 43.9 Å². The van der Waals surface area contributed by atoms with Crippen molar-refractivity contribution in [3.05, 3.63) is 40.2 Å². The number of furan rings is 1. The topological polar surface area (TPSA) is 92.1 Å². The molecule has 1 fully saturated rings. The summed E-state index contributed by atoms with van der Waals surface area (Å²) in [5.41, 5.74) is 1.55. The van der Waals surface area contributed by atoms with Crippen molar-refractivity contribution in [2.75, 3.05) is 44.6 Å². The summed E-state index contributed by atoms with van der Waals surface area (Å²) >= 11 is 1.48. The minimum absolute atomic E-state index is 0.128. The van der Waals surface area contributed by atoms with Crippen LogP contribution in [0.25, 0.3) is 0 Å². The number of thiophene rings is 1. The van der Waals surface area contributed by atoms with Crippen LogP contribution in [0.1, 0.15) is 44.7 Å². The number of carbonyl (C=O) groups is 3. The van der Waals surface area contributed by atoms with E-state index in [1.807, 2.05) is 4.90 Å². The fraction of sp³-hybridized carbons (Fsp3) is 0.476. The molecule has 2 aromatic heterocycles. The second-order valence-electron chi connectivity index (χ2n) is 7.38. The van der Waals surface area contributed by atoms with E-state index < -0.39 is 0 Å². The van der Waals surface area contributed by atoms with Crippen LogP contribution in [0.4, 0.5) is 5.00 Å². The molecule has 1 saturated heterocycles. The van der Waals surface area contributed by atoms with Crippen molar-refractivity contribution in [1.82, 2.24) is 9.80 Å². The van der Waals surface area contributed by atoms with Gasteiger partial charge in [0.15, 0.2) is 5.76 Å². The predicted molar refractivity (Wildman–Crippen MR) is 112 cm³/mol. The Bertz CT molecular complexity index is 929. The lowest BCUT2D eigenvalue weighted by molar-refractivity contribution is -0.117. The Kier molecular flexibility index (Phi) is 6.19. The Labute approximate surface area is 178 Å². The molecule has 160 valence electrons. The van der Waals surface area contributed by atoms with Gasteiger partial charge in [-0.2, -0.15) is 0 Å². The third-order valence-corrected chi connectivity index (χ3v) is 6.62. The van der Waals surface area contributed by atoms with Crippen LogP contribution in [0.3, 0.4) is 0 Å². The molecule has 2 aromatic rings. The highest BCUT2D eigenvalue weighted by atomic mass is 32.1. The number of esters is 1. The molecular formula is C21H25N3O5S. The SMILES string of the molecule is CCOC(=O)c1c(NC(=O)CN2CCN(C(=O)c3ccco3)CC2)sc2c1CCC2. The number of aryl methyl sites for hydroxylation is 1. The third kappa shape index (κ3) is 4.27. The number of hydrogen-bond donors (Lipinski definition) is 1. The number of ether oxygens (including phenoxy) is 1. The zero-order valence-corrected chi connectivity index (χ0v) is 17.8. The summed E-state index contributed by atoms with van der Waals surface area (Å²) in [5, 5.41) is 3.52. The highest BCUT2D eigenvalue weighted by molar-refractivity contribution is 7.17. The standard InChI is InChI=1S/C21H25N3O5S/c1-2-28-21(27)18-14-5-3-7-16(14)30-19(18)22-17(25)13-23-8-10-24(11-9-23)20(26)15-6-4-12-29-15/h4,6,12H,2-3,5,7-11,13H2,1H3,(H,22,25). The first-order valence-electron chi connectivity index (χ1n) is 10.2. The molecule has 2 aliphatic rings. The summed E-state index contributed by atoms with van der Waals surface area (Å²) in [5.74, 6) is -0.321. The minimum atomic E-state index is -0.364. The van der Waals surface area contributed by atoms with E-state index in [2.05, 4.69) is 5.32 Å². The second-order valence-corrected chi connectivity index (χ2v) is 8.48. The van der Waals surface area contributed by atoms with Gasteiger partial charge in [-0.3, -0.25) is 14.5 Å². The Morgan fingerprint density at radius 3 is 2.70 bits per heavy atom. The first-order chi connectivity index (χ1) is 14.6. The van der Waals surface area contributed by atoms with Crippen molar-refractivity contribution in [2.45, 2.75) is 26.2 Å². The van der Waals surface area contributed by atoms with Crippen LogP contribution in [0, 0.1) is 0 Å². The van der Waals surface area contributed by atoms with Crippen molar-refractivity contribution in [1.29, 1.82) is 0 Å². The number of hydrogen-bond acceptors (Lipinski definition) is 7. The molecule has 1 aliphatic heterocycles.